The fourth-order valence-electron chi connectivity index (χ4n) is 2.23. The van der Waals surface area contributed by atoms with Gasteiger partial charge in [0.15, 0.2) is 0 Å². The van der Waals surface area contributed by atoms with E-state index in [9.17, 15) is 0 Å². The Morgan fingerprint density at radius 1 is 0.947 bits per heavy atom. The highest BCUT2D eigenvalue weighted by atomic mass is 16.8. The van der Waals surface area contributed by atoms with E-state index in [0.29, 0.717) is 6.61 Å². The van der Waals surface area contributed by atoms with Gasteiger partial charge in [-0.25, -0.2) is 0 Å². The number of rotatable bonds is 4. The van der Waals surface area contributed by atoms with Crippen LogP contribution >= 0.6 is 0 Å². The largest absolute Gasteiger partial charge is 0.462 e. The molecule has 0 amide bonds. The van der Waals surface area contributed by atoms with Gasteiger partial charge in [0.25, 0.3) is 0 Å². The lowest BCUT2D eigenvalue weighted by atomic mass is 9.78. The normalized spacial score (nSPS) is 18.1. The third-order valence-corrected chi connectivity index (χ3v) is 3.64. The van der Waals surface area contributed by atoms with Crippen LogP contribution in [0.25, 0.3) is 0 Å². The van der Waals surface area contributed by atoms with Gasteiger partial charge < -0.3 is 9.47 Å². The van der Waals surface area contributed by atoms with Crippen LogP contribution in [0.3, 0.4) is 0 Å². The van der Waals surface area contributed by atoms with Crippen LogP contribution in [0, 0.1) is 0 Å². The summed E-state index contributed by atoms with van der Waals surface area (Å²) in [4.78, 5) is 0. The smallest absolute Gasteiger partial charge is 0.223 e. The molecule has 2 aromatic rings. The van der Waals surface area contributed by atoms with E-state index in [1.807, 2.05) is 18.2 Å². The number of hydrogen-bond acceptors (Lipinski definition) is 2. The molecule has 2 nitrogen and oxygen atoms in total. The Morgan fingerprint density at radius 2 is 1.53 bits per heavy atom. The Morgan fingerprint density at radius 3 is 2.11 bits per heavy atom. The molecule has 0 aliphatic carbocycles. The number of hydrogen-bond donors (Lipinski definition) is 0. The molecule has 0 saturated carbocycles. The lowest BCUT2D eigenvalue weighted by Crippen LogP contribution is -2.18. The maximum atomic E-state index is 5.58. The molecule has 1 aliphatic rings. The fourth-order valence-corrected chi connectivity index (χ4v) is 2.23. The van der Waals surface area contributed by atoms with E-state index >= 15 is 0 Å². The van der Waals surface area contributed by atoms with Crippen LogP contribution in [0.4, 0.5) is 0 Å². The van der Waals surface area contributed by atoms with E-state index in [2.05, 4.69) is 50.2 Å². The fraction of sp³-hybridized carbons (Fsp3) is 0.294. The van der Waals surface area contributed by atoms with Crippen molar-refractivity contribution in [1.29, 1.82) is 0 Å². The van der Waals surface area contributed by atoms with Gasteiger partial charge in [0.05, 0.1) is 0 Å². The second-order valence-electron chi connectivity index (χ2n) is 5.40. The van der Waals surface area contributed by atoms with Gasteiger partial charge >= 0.3 is 0 Å². The van der Waals surface area contributed by atoms with Gasteiger partial charge in [-0.3, -0.25) is 0 Å². The molecule has 1 fully saturated rings. The molecular weight excluding hydrogens is 236 g/mol. The average Bonchev–Trinajstić information content (AvgIpc) is 3.24. The van der Waals surface area contributed by atoms with Crippen LogP contribution in [-0.2, 0) is 10.2 Å². The lowest BCUT2D eigenvalue weighted by molar-refractivity contribution is 0.179. The minimum atomic E-state index is -0.0343. The van der Waals surface area contributed by atoms with Crippen molar-refractivity contribution >= 4 is 0 Å². The molecule has 3 rings (SSSR count). The zero-order chi connectivity index (χ0) is 13.3. The van der Waals surface area contributed by atoms with Gasteiger partial charge in [0.1, 0.15) is 12.4 Å². The molecule has 0 bridgehead atoms. The first kappa shape index (κ1) is 12.2. The molecule has 0 radical (unpaired) electrons. The predicted octanol–water partition coefficient (Wildman–Crippen LogP) is 3.75. The molecule has 0 N–H and O–H groups in total. The first-order chi connectivity index (χ1) is 9.16. The average molecular weight is 254 g/mol. The van der Waals surface area contributed by atoms with E-state index in [-0.39, 0.29) is 11.7 Å². The molecule has 1 aliphatic heterocycles. The summed E-state index contributed by atoms with van der Waals surface area (Å²) in [5.41, 5.74) is 2.59. The van der Waals surface area contributed by atoms with Crippen molar-refractivity contribution in [2.24, 2.45) is 0 Å². The standard InChI is InChI=1S/C17H18O2/c1-17(2,13-6-4-3-5-7-13)14-8-10-15(11-9-14)19-16-12-18-16/h3-11,16H,12H2,1-2H3. The number of epoxide rings is 1. The molecule has 2 heteroatoms. The van der Waals surface area contributed by atoms with E-state index in [4.69, 9.17) is 9.47 Å². The monoisotopic (exact) mass is 254 g/mol. The van der Waals surface area contributed by atoms with Gasteiger partial charge in [-0.05, 0) is 23.3 Å². The molecule has 0 aromatic heterocycles. The first-order valence-electron chi connectivity index (χ1n) is 6.60. The van der Waals surface area contributed by atoms with Gasteiger partial charge in [0, 0.05) is 5.41 Å². The van der Waals surface area contributed by atoms with Crippen molar-refractivity contribution in [3.05, 3.63) is 65.7 Å². The molecule has 1 atom stereocenters. The Labute approximate surface area is 114 Å². The van der Waals surface area contributed by atoms with Crippen LogP contribution in [0.2, 0.25) is 0 Å². The van der Waals surface area contributed by atoms with Crippen LogP contribution in [0.5, 0.6) is 5.75 Å². The summed E-state index contributed by atoms with van der Waals surface area (Å²) in [5.74, 6) is 0.870. The molecule has 1 saturated heterocycles. The zero-order valence-electron chi connectivity index (χ0n) is 11.3. The van der Waals surface area contributed by atoms with Crippen molar-refractivity contribution in [1.82, 2.24) is 0 Å². The second kappa shape index (κ2) is 4.71. The molecule has 98 valence electrons. The maximum absolute atomic E-state index is 5.58. The van der Waals surface area contributed by atoms with Gasteiger partial charge in [-0.1, -0.05) is 56.3 Å². The summed E-state index contributed by atoms with van der Waals surface area (Å²) in [7, 11) is 0. The predicted molar refractivity (Wildman–Crippen MR) is 75.4 cm³/mol. The Hall–Kier alpha value is -1.80. The lowest BCUT2D eigenvalue weighted by Gasteiger charge is -2.26. The highest BCUT2D eigenvalue weighted by Gasteiger charge is 2.26. The highest BCUT2D eigenvalue weighted by Crippen LogP contribution is 2.32. The number of benzene rings is 2. The third-order valence-electron chi connectivity index (χ3n) is 3.64. The molecule has 1 heterocycles. The molecule has 2 aromatic carbocycles. The van der Waals surface area contributed by atoms with Gasteiger partial charge in [0.2, 0.25) is 6.29 Å². The SMILES string of the molecule is CC(C)(c1ccccc1)c1ccc(OC2CO2)cc1. The highest BCUT2D eigenvalue weighted by molar-refractivity contribution is 5.39. The van der Waals surface area contributed by atoms with Gasteiger partial charge in [-0.15, -0.1) is 0 Å². The first-order valence-corrected chi connectivity index (χ1v) is 6.60. The Kier molecular flexibility index (Phi) is 3.03. The Bertz CT molecular complexity index is 539. The zero-order valence-corrected chi connectivity index (χ0v) is 11.3. The van der Waals surface area contributed by atoms with Crippen LogP contribution in [0.15, 0.2) is 54.6 Å². The number of ether oxygens (including phenoxy) is 2. The van der Waals surface area contributed by atoms with E-state index < -0.39 is 0 Å². The summed E-state index contributed by atoms with van der Waals surface area (Å²) >= 11 is 0. The van der Waals surface area contributed by atoms with Crippen LogP contribution in [-0.4, -0.2) is 12.9 Å². The van der Waals surface area contributed by atoms with Gasteiger partial charge in [-0.2, -0.15) is 0 Å². The summed E-state index contributed by atoms with van der Waals surface area (Å²) in [6, 6.07) is 18.8. The molecule has 19 heavy (non-hydrogen) atoms. The van der Waals surface area contributed by atoms with Crippen molar-refractivity contribution in [2.45, 2.75) is 25.6 Å². The Balaban J connectivity index is 1.84. The molecule has 1 unspecified atom stereocenters. The van der Waals surface area contributed by atoms with Crippen molar-refractivity contribution < 1.29 is 9.47 Å². The van der Waals surface area contributed by atoms with Crippen molar-refractivity contribution in [3.63, 3.8) is 0 Å². The molecule has 0 spiro atoms. The van der Waals surface area contributed by atoms with E-state index in [1.54, 1.807) is 0 Å². The topological polar surface area (TPSA) is 21.8 Å². The van der Waals surface area contributed by atoms with Crippen molar-refractivity contribution in [2.75, 3.05) is 6.61 Å². The quantitative estimate of drug-likeness (QED) is 0.775. The summed E-state index contributed by atoms with van der Waals surface area (Å²) < 4.78 is 10.6. The van der Waals surface area contributed by atoms with Crippen LogP contribution < -0.4 is 4.74 Å². The van der Waals surface area contributed by atoms with E-state index in [1.165, 1.54) is 11.1 Å². The van der Waals surface area contributed by atoms with E-state index in [0.717, 1.165) is 5.75 Å². The summed E-state index contributed by atoms with van der Waals surface area (Å²) in [6.07, 6.45) is -0.0343. The van der Waals surface area contributed by atoms with Crippen LogP contribution in [0.1, 0.15) is 25.0 Å². The summed E-state index contributed by atoms with van der Waals surface area (Å²) in [6.45, 7) is 5.18. The summed E-state index contributed by atoms with van der Waals surface area (Å²) in [5, 5.41) is 0. The molecular formula is C17H18O2. The third kappa shape index (κ3) is 2.64. The second-order valence-corrected chi connectivity index (χ2v) is 5.40. The minimum Gasteiger partial charge on any atom is -0.462 e. The minimum absolute atomic E-state index is 0.00410. The maximum Gasteiger partial charge on any atom is 0.223 e. The van der Waals surface area contributed by atoms with Crippen molar-refractivity contribution in [3.8, 4) is 5.75 Å².